The van der Waals surface area contributed by atoms with Gasteiger partial charge in [-0.15, -0.1) is 0 Å². The first-order valence-electron chi connectivity index (χ1n) is 7.83. The predicted molar refractivity (Wildman–Crippen MR) is 97.8 cm³/mol. The number of hydrogen-bond donors (Lipinski definition) is 1. The highest BCUT2D eigenvalue weighted by molar-refractivity contribution is 5.69. The number of nitrogens with one attached hydrogen (secondary N) is 1. The third-order valence-corrected chi connectivity index (χ3v) is 4.35. The van der Waals surface area contributed by atoms with Crippen LogP contribution >= 0.6 is 0 Å². The fourth-order valence-corrected chi connectivity index (χ4v) is 2.74. The third kappa shape index (κ3) is 2.61. The second kappa shape index (κ2) is 6.23. The van der Waals surface area contributed by atoms with Crippen LogP contribution in [0.1, 0.15) is 0 Å². The van der Waals surface area contributed by atoms with Crippen molar-refractivity contribution in [1.29, 1.82) is 0 Å². The molecule has 4 rings (SSSR count). The maximum absolute atomic E-state index is 11.7. The zero-order valence-electron chi connectivity index (χ0n) is 15.4. The van der Waals surface area contributed by atoms with Gasteiger partial charge in [-0.05, 0) is 0 Å². The van der Waals surface area contributed by atoms with Gasteiger partial charge in [-0.3, -0.25) is 27.9 Å². The van der Waals surface area contributed by atoms with Gasteiger partial charge in [0.2, 0.25) is 0 Å². The van der Waals surface area contributed by atoms with Crippen LogP contribution in [0.4, 0.5) is 0 Å². The number of aromatic amines is 1. The van der Waals surface area contributed by atoms with Crippen LogP contribution < -0.4 is 22.5 Å². The highest BCUT2D eigenvalue weighted by Gasteiger charge is 2.11. The summed E-state index contributed by atoms with van der Waals surface area (Å²) in [5, 5.41) is 0. The van der Waals surface area contributed by atoms with Gasteiger partial charge in [0.15, 0.2) is 16.8 Å². The van der Waals surface area contributed by atoms with Crippen molar-refractivity contribution in [3.05, 3.63) is 54.3 Å². The van der Waals surface area contributed by atoms with Crippen molar-refractivity contribution < 1.29 is 0 Å². The van der Waals surface area contributed by atoms with E-state index in [2.05, 4.69) is 15.0 Å². The molecule has 0 radical (unpaired) electrons. The lowest BCUT2D eigenvalue weighted by Crippen LogP contribution is -2.37. The molecule has 0 aliphatic rings. The molecule has 0 atom stereocenters. The van der Waals surface area contributed by atoms with E-state index in [4.69, 9.17) is 0 Å². The number of hydrogen-bond acceptors (Lipinski definition) is 6. The molecule has 0 unspecified atom stereocenters. The summed E-state index contributed by atoms with van der Waals surface area (Å²) in [6.07, 6.45) is 2.91. The SMILES string of the molecule is Cn1c(=O)c2[nH]cnc2n(C)c1=O.Cn1c(=O)c2c(ncn2C)n(C)c1=O. The number of H-pyrrole nitrogens is 1. The van der Waals surface area contributed by atoms with Gasteiger partial charge >= 0.3 is 11.4 Å². The minimum Gasteiger partial charge on any atom is -0.339 e. The Balaban J connectivity index is 0.000000156. The molecule has 0 aromatic carbocycles. The van der Waals surface area contributed by atoms with Gasteiger partial charge in [-0.1, -0.05) is 0 Å². The van der Waals surface area contributed by atoms with Crippen molar-refractivity contribution in [2.75, 3.05) is 0 Å². The maximum atomic E-state index is 11.7. The average Bonchev–Trinajstić information content (AvgIpc) is 3.29. The van der Waals surface area contributed by atoms with Crippen LogP contribution in [0, 0.1) is 0 Å². The summed E-state index contributed by atoms with van der Waals surface area (Å²) >= 11 is 0. The molecule has 142 valence electrons. The molecule has 12 heteroatoms. The Morgan fingerprint density at radius 1 is 0.741 bits per heavy atom. The van der Waals surface area contributed by atoms with E-state index in [-0.39, 0.29) is 22.5 Å². The number of nitrogens with zero attached hydrogens (tertiary/aromatic N) is 7. The standard InChI is InChI=1S/C8H10N4O2.C7H8N4O2/c1-10-4-9-6-5(10)7(13)12(3)8(14)11(6)2;1-10-5-4(8-3-9-5)6(12)11(2)7(10)13/h4H,1-3H3;3H,1-2H3,(H,8,9). The lowest BCUT2D eigenvalue weighted by atomic mass is 10.5. The number of fused-ring (bicyclic) bond motifs is 2. The first-order valence-corrected chi connectivity index (χ1v) is 7.83. The van der Waals surface area contributed by atoms with Crippen molar-refractivity contribution >= 4 is 22.3 Å². The van der Waals surface area contributed by atoms with E-state index in [9.17, 15) is 19.2 Å². The number of imidazole rings is 2. The van der Waals surface area contributed by atoms with Gasteiger partial charge < -0.3 is 9.55 Å². The second-order valence-corrected chi connectivity index (χ2v) is 6.04. The van der Waals surface area contributed by atoms with Crippen molar-refractivity contribution in [2.45, 2.75) is 0 Å². The maximum Gasteiger partial charge on any atom is 0.332 e. The quantitative estimate of drug-likeness (QED) is 0.376. The van der Waals surface area contributed by atoms with Gasteiger partial charge in [-0.2, -0.15) is 0 Å². The second-order valence-electron chi connectivity index (χ2n) is 6.04. The van der Waals surface area contributed by atoms with Crippen LogP contribution in [-0.2, 0) is 35.2 Å². The Hall–Kier alpha value is -3.70. The summed E-state index contributed by atoms with van der Waals surface area (Å²) in [5.74, 6) is 0. The number of rotatable bonds is 0. The van der Waals surface area contributed by atoms with Crippen molar-refractivity contribution in [3.63, 3.8) is 0 Å². The summed E-state index contributed by atoms with van der Waals surface area (Å²) in [7, 11) is 7.78. The summed E-state index contributed by atoms with van der Waals surface area (Å²) in [4.78, 5) is 56.5. The zero-order chi connectivity index (χ0) is 20.0. The molecule has 4 aromatic heterocycles. The minimum absolute atomic E-state index is 0.317. The third-order valence-electron chi connectivity index (χ3n) is 4.35. The van der Waals surface area contributed by atoms with Gasteiger partial charge in [0.1, 0.15) is 5.52 Å². The van der Waals surface area contributed by atoms with E-state index in [1.165, 1.54) is 35.9 Å². The summed E-state index contributed by atoms with van der Waals surface area (Å²) < 4.78 is 6.41. The van der Waals surface area contributed by atoms with Crippen LogP contribution in [0.25, 0.3) is 22.3 Å². The molecular formula is C15H18N8O4. The molecule has 1 N–H and O–H groups in total. The van der Waals surface area contributed by atoms with Crippen LogP contribution in [0.15, 0.2) is 31.8 Å². The molecule has 0 bridgehead atoms. The molecule has 0 amide bonds. The van der Waals surface area contributed by atoms with Gasteiger partial charge in [0.25, 0.3) is 11.1 Å². The Bertz CT molecular complexity index is 1410. The molecule has 12 nitrogen and oxygen atoms in total. The number of aryl methyl sites for hydroxylation is 3. The normalized spacial score (nSPS) is 11.0. The molecule has 4 heterocycles. The molecule has 0 saturated carbocycles. The lowest BCUT2D eigenvalue weighted by Gasteiger charge is -2.02. The Labute approximate surface area is 150 Å². The van der Waals surface area contributed by atoms with E-state index < -0.39 is 0 Å². The topological polar surface area (TPSA) is 134 Å². The van der Waals surface area contributed by atoms with Crippen molar-refractivity contribution in [1.82, 2.24) is 37.8 Å². The first-order chi connectivity index (χ1) is 12.7. The van der Waals surface area contributed by atoms with Crippen LogP contribution in [0.2, 0.25) is 0 Å². The van der Waals surface area contributed by atoms with E-state index in [0.717, 1.165) is 9.13 Å². The van der Waals surface area contributed by atoms with Crippen LogP contribution in [0.5, 0.6) is 0 Å². The molecule has 0 aliphatic heterocycles. The zero-order valence-corrected chi connectivity index (χ0v) is 15.4. The van der Waals surface area contributed by atoms with Gasteiger partial charge in [0, 0.05) is 35.2 Å². The molecule has 4 aromatic rings. The van der Waals surface area contributed by atoms with E-state index in [0.29, 0.717) is 22.3 Å². The van der Waals surface area contributed by atoms with Crippen molar-refractivity contribution in [3.8, 4) is 0 Å². The molecule has 27 heavy (non-hydrogen) atoms. The largest absolute Gasteiger partial charge is 0.339 e. The predicted octanol–water partition coefficient (Wildman–Crippen LogP) is -2.07. The average molecular weight is 374 g/mol. The van der Waals surface area contributed by atoms with Gasteiger partial charge in [-0.25, -0.2) is 19.6 Å². The molecule has 0 fully saturated rings. The fraction of sp³-hybridized carbons (Fsp3) is 0.333. The van der Waals surface area contributed by atoms with Gasteiger partial charge in [0.05, 0.1) is 12.7 Å². The molecular weight excluding hydrogens is 356 g/mol. The Morgan fingerprint density at radius 3 is 1.93 bits per heavy atom. The van der Waals surface area contributed by atoms with E-state index in [1.807, 2.05) is 0 Å². The molecule has 0 aliphatic carbocycles. The van der Waals surface area contributed by atoms with Crippen LogP contribution in [0.3, 0.4) is 0 Å². The Morgan fingerprint density at radius 2 is 1.30 bits per heavy atom. The summed E-state index contributed by atoms with van der Waals surface area (Å²) in [6.45, 7) is 0. The summed E-state index contributed by atoms with van der Waals surface area (Å²) in [6, 6.07) is 0. The smallest absolute Gasteiger partial charge is 0.332 e. The molecule has 0 saturated heterocycles. The van der Waals surface area contributed by atoms with Crippen LogP contribution in [-0.4, -0.2) is 37.8 Å². The highest BCUT2D eigenvalue weighted by atomic mass is 16.2. The minimum atomic E-state index is -0.371. The van der Waals surface area contributed by atoms with E-state index in [1.54, 1.807) is 25.7 Å². The monoisotopic (exact) mass is 374 g/mol. The van der Waals surface area contributed by atoms with E-state index >= 15 is 0 Å². The molecule has 0 spiro atoms. The highest BCUT2D eigenvalue weighted by Crippen LogP contribution is 2.01. The summed E-state index contributed by atoms with van der Waals surface area (Å²) in [5.41, 5.74) is 0.192. The van der Waals surface area contributed by atoms with Crippen molar-refractivity contribution in [2.24, 2.45) is 35.2 Å². The number of aromatic nitrogens is 8. The fourth-order valence-electron chi connectivity index (χ4n) is 2.74. The Kier molecular flexibility index (Phi) is 4.18. The lowest BCUT2D eigenvalue weighted by molar-refractivity contribution is 0.705. The first kappa shape index (κ1) is 18.1.